The van der Waals surface area contributed by atoms with Crippen molar-refractivity contribution in [2.24, 2.45) is 0 Å². The van der Waals surface area contributed by atoms with Crippen molar-refractivity contribution in [1.82, 2.24) is 10.2 Å². The summed E-state index contributed by atoms with van der Waals surface area (Å²) in [5.74, 6) is 1.28. The second-order valence-electron chi connectivity index (χ2n) is 5.77. The minimum Gasteiger partial charge on any atom is -0.495 e. The molecular weight excluding hydrogens is 382 g/mol. The number of nitrogens with one attached hydrogen (secondary N) is 1. The largest absolute Gasteiger partial charge is 0.495 e. The second kappa shape index (κ2) is 7.58. The van der Waals surface area contributed by atoms with E-state index in [1.165, 1.54) is 13.4 Å². The van der Waals surface area contributed by atoms with Gasteiger partial charge in [0.15, 0.2) is 5.76 Å². The van der Waals surface area contributed by atoms with Gasteiger partial charge in [-0.15, -0.1) is 10.2 Å². The maximum absolute atomic E-state index is 12.5. The molecule has 0 aliphatic carbocycles. The van der Waals surface area contributed by atoms with Gasteiger partial charge in [-0.2, -0.15) is 0 Å². The van der Waals surface area contributed by atoms with Crippen molar-refractivity contribution in [3.8, 4) is 28.9 Å². The normalized spacial score (nSPS) is 10.6. The van der Waals surface area contributed by atoms with Crippen LogP contribution in [0.1, 0.15) is 10.4 Å². The Labute approximate surface area is 164 Å². The minimum absolute atomic E-state index is 0.280. The van der Waals surface area contributed by atoms with Gasteiger partial charge in [-0.1, -0.05) is 17.7 Å². The first-order chi connectivity index (χ1) is 13.6. The summed E-state index contributed by atoms with van der Waals surface area (Å²) in [5, 5.41) is 11.2. The molecule has 8 heteroatoms. The Kier molecular flexibility index (Phi) is 4.82. The van der Waals surface area contributed by atoms with E-state index in [9.17, 15) is 4.79 Å². The summed E-state index contributed by atoms with van der Waals surface area (Å²) in [5.41, 5.74) is 1.65. The van der Waals surface area contributed by atoms with Gasteiger partial charge in [0.25, 0.3) is 11.8 Å². The van der Waals surface area contributed by atoms with Crippen molar-refractivity contribution in [2.45, 2.75) is 0 Å². The van der Waals surface area contributed by atoms with E-state index >= 15 is 0 Å². The van der Waals surface area contributed by atoms with Gasteiger partial charge in [-0.25, -0.2) is 0 Å². The number of rotatable bonds is 5. The SMILES string of the molecule is COc1ccc(C(=O)Nc2cccc(-c3nnc(-c4ccco4)o3)c2)cc1Cl. The van der Waals surface area contributed by atoms with Gasteiger partial charge in [0, 0.05) is 16.8 Å². The number of nitrogens with zero attached hydrogens (tertiary/aromatic N) is 2. The van der Waals surface area contributed by atoms with Crippen LogP contribution in [0.3, 0.4) is 0 Å². The number of hydrogen-bond donors (Lipinski definition) is 1. The highest BCUT2D eigenvalue weighted by atomic mass is 35.5. The van der Waals surface area contributed by atoms with E-state index in [1.54, 1.807) is 54.6 Å². The monoisotopic (exact) mass is 395 g/mol. The molecule has 0 fully saturated rings. The number of methoxy groups -OCH3 is 1. The standard InChI is InChI=1S/C20H14ClN3O4/c1-26-16-8-7-12(11-15(16)21)18(25)22-14-5-2-4-13(10-14)19-23-24-20(28-19)17-6-3-9-27-17/h2-11H,1H3,(H,22,25). The van der Waals surface area contributed by atoms with E-state index < -0.39 is 0 Å². The van der Waals surface area contributed by atoms with Crippen LogP contribution in [0, 0.1) is 0 Å². The quantitative estimate of drug-likeness (QED) is 0.516. The Bertz CT molecular complexity index is 1120. The molecule has 2 heterocycles. The average Bonchev–Trinajstić information content (AvgIpc) is 3.40. The van der Waals surface area contributed by atoms with Crippen LogP contribution >= 0.6 is 11.6 Å². The van der Waals surface area contributed by atoms with Crippen LogP contribution in [-0.4, -0.2) is 23.2 Å². The average molecular weight is 396 g/mol. The lowest BCUT2D eigenvalue weighted by Gasteiger charge is -2.08. The number of carbonyl (C=O) groups excluding carboxylic acids is 1. The van der Waals surface area contributed by atoms with E-state index in [0.29, 0.717) is 39.2 Å². The zero-order chi connectivity index (χ0) is 19.5. The smallest absolute Gasteiger partial charge is 0.283 e. The molecule has 2 aromatic heterocycles. The molecule has 0 atom stereocenters. The highest BCUT2D eigenvalue weighted by Gasteiger charge is 2.14. The van der Waals surface area contributed by atoms with E-state index in [4.69, 9.17) is 25.2 Å². The summed E-state index contributed by atoms with van der Waals surface area (Å²) in [6.45, 7) is 0. The van der Waals surface area contributed by atoms with Crippen molar-refractivity contribution >= 4 is 23.2 Å². The van der Waals surface area contributed by atoms with Crippen LogP contribution in [0.5, 0.6) is 5.75 Å². The van der Waals surface area contributed by atoms with Crippen molar-refractivity contribution in [1.29, 1.82) is 0 Å². The first kappa shape index (κ1) is 17.8. The number of aromatic nitrogens is 2. The molecule has 2 aromatic carbocycles. The molecule has 1 amide bonds. The van der Waals surface area contributed by atoms with Gasteiger partial charge in [0.2, 0.25) is 5.89 Å². The van der Waals surface area contributed by atoms with E-state index in [-0.39, 0.29) is 11.8 Å². The minimum atomic E-state index is -0.302. The number of anilines is 1. The fourth-order valence-corrected chi connectivity index (χ4v) is 2.84. The summed E-state index contributed by atoms with van der Waals surface area (Å²) in [6.07, 6.45) is 1.53. The Morgan fingerprint density at radius 3 is 2.68 bits per heavy atom. The summed E-state index contributed by atoms with van der Waals surface area (Å²) < 4.78 is 16.0. The van der Waals surface area contributed by atoms with Crippen molar-refractivity contribution in [3.05, 3.63) is 71.4 Å². The van der Waals surface area contributed by atoms with Crippen molar-refractivity contribution in [3.63, 3.8) is 0 Å². The number of halogens is 1. The molecule has 1 N–H and O–H groups in total. The summed E-state index contributed by atoms with van der Waals surface area (Å²) in [6, 6.07) is 15.4. The highest BCUT2D eigenvalue weighted by Crippen LogP contribution is 2.27. The molecule has 4 rings (SSSR count). The Hall–Kier alpha value is -3.58. The molecule has 0 saturated carbocycles. The molecule has 4 aromatic rings. The molecule has 0 aliphatic heterocycles. The lowest BCUT2D eigenvalue weighted by atomic mass is 10.1. The van der Waals surface area contributed by atoms with Crippen LogP contribution in [0.25, 0.3) is 23.1 Å². The summed E-state index contributed by atoms with van der Waals surface area (Å²) >= 11 is 6.09. The number of furan rings is 1. The van der Waals surface area contributed by atoms with Crippen molar-refractivity contribution in [2.75, 3.05) is 12.4 Å². The van der Waals surface area contributed by atoms with E-state index in [0.717, 1.165) is 0 Å². The zero-order valence-corrected chi connectivity index (χ0v) is 15.4. The molecule has 0 spiro atoms. The number of hydrogen-bond acceptors (Lipinski definition) is 6. The maximum atomic E-state index is 12.5. The first-order valence-corrected chi connectivity index (χ1v) is 8.64. The number of amides is 1. The fourth-order valence-electron chi connectivity index (χ4n) is 2.58. The van der Waals surface area contributed by atoms with Gasteiger partial charge < -0.3 is 18.9 Å². The van der Waals surface area contributed by atoms with Gasteiger partial charge in [-0.05, 0) is 48.5 Å². The zero-order valence-electron chi connectivity index (χ0n) is 14.7. The van der Waals surface area contributed by atoms with Crippen LogP contribution in [0.15, 0.2) is 69.7 Å². The van der Waals surface area contributed by atoms with E-state index in [2.05, 4.69) is 15.5 Å². The third-order valence-corrected chi connectivity index (χ3v) is 4.23. The Morgan fingerprint density at radius 2 is 1.93 bits per heavy atom. The lowest BCUT2D eigenvalue weighted by Crippen LogP contribution is -2.11. The van der Waals surface area contributed by atoms with Crippen LogP contribution in [-0.2, 0) is 0 Å². The van der Waals surface area contributed by atoms with Crippen LogP contribution in [0.2, 0.25) is 5.02 Å². The summed E-state index contributed by atoms with van der Waals surface area (Å²) in [7, 11) is 1.52. The molecule has 28 heavy (non-hydrogen) atoms. The molecule has 0 bridgehead atoms. The van der Waals surface area contributed by atoms with Crippen LogP contribution < -0.4 is 10.1 Å². The molecule has 0 unspecified atom stereocenters. The molecule has 7 nitrogen and oxygen atoms in total. The Balaban J connectivity index is 1.54. The van der Waals surface area contributed by atoms with Gasteiger partial charge in [0.1, 0.15) is 5.75 Å². The molecule has 0 radical (unpaired) electrons. The van der Waals surface area contributed by atoms with Crippen molar-refractivity contribution < 1.29 is 18.4 Å². The van der Waals surface area contributed by atoms with E-state index in [1.807, 2.05) is 0 Å². The Morgan fingerprint density at radius 1 is 1.07 bits per heavy atom. The predicted octanol–water partition coefficient (Wildman–Crippen LogP) is 4.91. The molecule has 0 saturated heterocycles. The second-order valence-corrected chi connectivity index (χ2v) is 6.18. The third kappa shape index (κ3) is 3.60. The predicted molar refractivity (Wildman–Crippen MR) is 103 cm³/mol. The summed E-state index contributed by atoms with van der Waals surface area (Å²) in [4.78, 5) is 12.5. The molecule has 140 valence electrons. The van der Waals surface area contributed by atoms with Gasteiger partial charge in [-0.3, -0.25) is 4.79 Å². The maximum Gasteiger partial charge on any atom is 0.283 e. The highest BCUT2D eigenvalue weighted by molar-refractivity contribution is 6.32. The number of ether oxygens (including phenoxy) is 1. The van der Waals surface area contributed by atoms with Crippen LogP contribution in [0.4, 0.5) is 5.69 Å². The van der Waals surface area contributed by atoms with Gasteiger partial charge >= 0.3 is 0 Å². The topological polar surface area (TPSA) is 90.4 Å². The number of carbonyl (C=O) groups is 1. The van der Waals surface area contributed by atoms with Gasteiger partial charge in [0.05, 0.1) is 18.4 Å². The number of benzene rings is 2. The lowest BCUT2D eigenvalue weighted by molar-refractivity contribution is 0.102. The fraction of sp³-hybridized carbons (Fsp3) is 0.0500. The third-order valence-electron chi connectivity index (χ3n) is 3.94. The molecular formula is C20H14ClN3O4. The first-order valence-electron chi connectivity index (χ1n) is 8.27. The molecule has 0 aliphatic rings.